The molecular weight excluding hydrogens is 316 g/mol. The Kier molecular flexibility index (Phi) is 3.31. The van der Waals surface area contributed by atoms with Crippen LogP contribution in [0, 0.1) is 6.92 Å². The predicted octanol–water partition coefficient (Wildman–Crippen LogP) is 3.46. The van der Waals surface area contributed by atoms with Gasteiger partial charge in [0.1, 0.15) is 0 Å². The third kappa shape index (κ3) is 2.31. The number of aryl methyl sites for hydroxylation is 1. The van der Waals surface area contributed by atoms with Gasteiger partial charge in [-0.05, 0) is 37.1 Å². The van der Waals surface area contributed by atoms with Crippen LogP contribution in [0.2, 0.25) is 0 Å². The number of benzene rings is 1. The Balaban J connectivity index is 1.35. The minimum atomic E-state index is 0.597. The Morgan fingerprint density at radius 1 is 1.12 bits per heavy atom. The Morgan fingerprint density at radius 3 is 2.83 bits per heavy atom. The molecule has 0 N–H and O–H groups in total. The van der Waals surface area contributed by atoms with Gasteiger partial charge in [-0.25, -0.2) is 4.98 Å². The van der Waals surface area contributed by atoms with E-state index in [1.807, 2.05) is 23.6 Å². The maximum Gasteiger partial charge on any atom is 0.186 e. The summed E-state index contributed by atoms with van der Waals surface area (Å²) in [6, 6.07) is 13.9. The number of hydrogen-bond donors (Lipinski definition) is 0. The van der Waals surface area contributed by atoms with Gasteiger partial charge in [-0.15, -0.1) is 0 Å². The topological polar surface area (TPSA) is 32.3 Å². The molecule has 5 rings (SSSR count). The molecule has 3 aromatic rings. The first-order chi connectivity index (χ1) is 11.8. The number of piperazine rings is 1. The standard InChI is InChI=1S/C19H20N4S/c1-13-5-4-7-17-18(13)21-19(24-17)23-12-15-9-16(23)11-22(15)10-14-6-2-3-8-20-14/h2-8,15-16H,9-12H2,1H3. The van der Waals surface area contributed by atoms with Gasteiger partial charge in [0.25, 0.3) is 0 Å². The summed E-state index contributed by atoms with van der Waals surface area (Å²) in [5.41, 5.74) is 3.62. The minimum absolute atomic E-state index is 0.597. The number of nitrogens with zero attached hydrogens (tertiary/aromatic N) is 4. The van der Waals surface area contributed by atoms with E-state index in [-0.39, 0.29) is 0 Å². The zero-order chi connectivity index (χ0) is 16.1. The number of pyridine rings is 1. The number of rotatable bonds is 3. The number of aromatic nitrogens is 2. The monoisotopic (exact) mass is 336 g/mol. The largest absolute Gasteiger partial charge is 0.342 e. The fourth-order valence-corrected chi connectivity index (χ4v) is 5.20. The molecule has 2 unspecified atom stereocenters. The maximum atomic E-state index is 4.94. The number of anilines is 1. The molecule has 122 valence electrons. The molecule has 2 aliphatic heterocycles. The summed E-state index contributed by atoms with van der Waals surface area (Å²) in [7, 11) is 0. The lowest BCUT2D eigenvalue weighted by atomic mass is 10.2. The van der Waals surface area contributed by atoms with Gasteiger partial charge in [-0.3, -0.25) is 9.88 Å². The second kappa shape index (κ2) is 5.53. The molecule has 2 bridgehead atoms. The summed E-state index contributed by atoms with van der Waals surface area (Å²) < 4.78 is 1.30. The SMILES string of the molecule is Cc1cccc2sc(N3CC4CC3CN4Cc3ccccn3)nc12. The maximum absolute atomic E-state index is 4.94. The van der Waals surface area contributed by atoms with E-state index in [0.717, 1.165) is 19.6 Å². The molecule has 2 atom stereocenters. The van der Waals surface area contributed by atoms with Crippen molar-refractivity contribution in [3.63, 3.8) is 0 Å². The van der Waals surface area contributed by atoms with Crippen molar-refractivity contribution in [1.29, 1.82) is 0 Å². The highest BCUT2D eigenvalue weighted by Crippen LogP contribution is 2.39. The molecule has 0 radical (unpaired) electrons. The van der Waals surface area contributed by atoms with Crippen molar-refractivity contribution in [2.45, 2.75) is 32.0 Å². The van der Waals surface area contributed by atoms with Crippen molar-refractivity contribution >= 4 is 26.7 Å². The molecule has 0 aliphatic carbocycles. The molecule has 0 spiro atoms. The molecule has 0 saturated carbocycles. The summed E-state index contributed by atoms with van der Waals surface area (Å²) in [6.07, 6.45) is 3.14. The molecular formula is C19H20N4S. The fraction of sp³-hybridized carbons (Fsp3) is 0.368. The van der Waals surface area contributed by atoms with Crippen LogP contribution in [0.5, 0.6) is 0 Å². The van der Waals surface area contributed by atoms with E-state index in [9.17, 15) is 0 Å². The third-order valence-electron chi connectivity index (χ3n) is 5.30. The summed E-state index contributed by atoms with van der Waals surface area (Å²) in [6.45, 7) is 5.33. The molecule has 24 heavy (non-hydrogen) atoms. The van der Waals surface area contributed by atoms with Crippen LogP contribution < -0.4 is 4.90 Å². The molecule has 2 aliphatic rings. The van der Waals surface area contributed by atoms with Crippen molar-refractivity contribution in [3.8, 4) is 0 Å². The van der Waals surface area contributed by atoms with Crippen molar-refractivity contribution in [1.82, 2.24) is 14.9 Å². The third-order valence-corrected chi connectivity index (χ3v) is 6.36. The second-order valence-electron chi connectivity index (χ2n) is 6.86. The van der Waals surface area contributed by atoms with E-state index in [2.05, 4.69) is 52.0 Å². The van der Waals surface area contributed by atoms with Gasteiger partial charge in [0.2, 0.25) is 0 Å². The highest BCUT2D eigenvalue weighted by molar-refractivity contribution is 7.22. The van der Waals surface area contributed by atoms with Crippen molar-refractivity contribution in [3.05, 3.63) is 53.9 Å². The van der Waals surface area contributed by atoms with Gasteiger partial charge in [-0.2, -0.15) is 0 Å². The second-order valence-corrected chi connectivity index (χ2v) is 7.87. The summed E-state index contributed by atoms with van der Waals surface area (Å²) in [5, 5.41) is 1.20. The first-order valence-corrected chi connectivity index (χ1v) is 9.36. The van der Waals surface area contributed by atoms with Gasteiger partial charge < -0.3 is 4.90 Å². The average Bonchev–Trinajstić information content (AvgIpc) is 3.29. The van der Waals surface area contributed by atoms with E-state index in [1.165, 1.54) is 33.0 Å². The predicted molar refractivity (Wildman–Crippen MR) is 98.5 cm³/mol. The summed E-state index contributed by atoms with van der Waals surface area (Å²) in [4.78, 5) is 14.5. The van der Waals surface area contributed by atoms with Gasteiger partial charge in [0.05, 0.1) is 15.9 Å². The minimum Gasteiger partial charge on any atom is -0.342 e. The highest BCUT2D eigenvalue weighted by Gasteiger charge is 2.44. The van der Waals surface area contributed by atoms with Crippen LogP contribution in [0.3, 0.4) is 0 Å². The van der Waals surface area contributed by atoms with Gasteiger partial charge in [0.15, 0.2) is 5.13 Å². The Bertz CT molecular complexity index is 875. The number of thiazole rings is 1. The number of para-hydroxylation sites is 1. The van der Waals surface area contributed by atoms with Crippen LogP contribution in [0.1, 0.15) is 17.7 Å². The summed E-state index contributed by atoms with van der Waals surface area (Å²) in [5.74, 6) is 0. The van der Waals surface area contributed by atoms with Crippen molar-refractivity contribution < 1.29 is 0 Å². The Morgan fingerprint density at radius 2 is 2.08 bits per heavy atom. The van der Waals surface area contributed by atoms with Gasteiger partial charge in [0, 0.05) is 37.9 Å². The number of hydrogen-bond acceptors (Lipinski definition) is 5. The smallest absolute Gasteiger partial charge is 0.186 e. The number of likely N-dealkylation sites (tertiary alicyclic amines) is 1. The van der Waals surface area contributed by atoms with E-state index in [0.29, 0.717) is 12.1 Å². The molecule has 4 nitrogen and oxygen atoms in total. The molecule has 5 heteroatoms. The van der Waals surface area contributed by atoms with Crippen LogP contribution >= 0.6 is 11.3 Å². The highest BCUT2D eigenvalue weighted by atomic mass is 32.1. The van der Waals surface area contributed by atoms with Crippen LogP contribution in [0.4, 0.5) is 5.13 Å². The van der Waals surface area contributed by atoms with Crippen LogP contribution in [-0.2, 0) is 6.54 Å². The van der Waals surface area contributed by atoms with E-state index in [1.54, 1.807) is 0 Å². The van der Waals surface area contributed by atoms with Crippen molar-refractivity contribution in [2.75, 3.05) is 18.0 Å². The zero-order valence-electron chi connectivity index (χ0n) is 13.7. The molecule has 2 aromatic heterocycles. The quantitative estimate of drug-likeness (QED) is 0.733. The van der Waals surface area contributed by atoms with E-state index in [4.69, 9.17) is 4.98 Å². The summed E-state index contributed by atoms with van der Waals surface area (Å²) >= 11 is 1.84. The molecule has 4 heterocycles. The number of fused-ring (bicyclic) bond motifs is 3. The molecule has 2 saturated heterocycles. The fourth-order valence-electron chi connectivity index (χ4n) is 4.07. The average molecular weight is 336 g/mol. The van der Waals surface area contributed by atoms with E-state index >= 15 is 0 Å². The first kappa shape index (κ1) is 14.4. The molecule has 1 aromatic carbocycles. The normalized spacial score (nSPS) is 23.5. The van der Waals surface area contributed by atoms with Crippen LogP contribution in [0.25, 0.3) is 10.2 Å². The zero-order valence-corrected chi connectivity index (χ0v) is 14.5. The first-order valence-electron chi connectivity index (χ1n) is 8.55. The molecule has 2 fully saturated rings. The lowest BCUT2D eigenvalue weighted by Gasteiger charge is -2.33. The Labute approximate surface area is 145 Å². The lowest BCUT2D eigenvalue weighted by molar-refractivity contribution is 0.228. The molecule has 0 amide bonds. The van der Waals surface area contributed by atoms with Crippen LogP contribution in [-0.4, -0.2) is 40.0 Å². The Hall–Kier alpha value is -1.98. The van der Waals surface area contributed by atoms with Gasteiger partial charge >= 0.3 is 0 Å². The van der Waals surface area contributed by atoms with Crippen LogP contribution in [0.15, 0.2) is 42.6 Å². The van der Waals surface area contributed by atoms with Crippen molar-refractivity contribution in [2.24, 2.45) is 0 Å². The lowest BCUT2D eigenvalue weighted by Crippen LogP contribution is -2.46. The van der Waals surface area contributed by atoms with Gasteiger partial charge in [-0.1, -0.05) is 29.5 Å². The van der Waals surface area contributed by atoms with E-state index < -0.39 is 0 Å².